The van der Waals surface area contributed by atoms with Crippen LogP contribution in [-0.2, 0) is 26.0 Å². The van der Waals surface area contributed by atoms with E-state index in [1.165, 1.54) is 0 Å². The maximum atomic E-state index is 12.2. The number of primary sulfonamides is 1. The van der Waals surface area contributed by atoms with Crippen LogP contribution in [0.4, 0.5) is 13.2 Å². The molecule has 0 unspecified atom stereocenters. The average Bonchev–Trinajstić information content (AvgIpc) is 2.25. The van der Waals surface area contributed by atoms with Crippen molar-refractivity contribution >= 4 is 19.9 Å². The molecule has 0 aliphatic heterocycles. The summed E-state index contributed by atoms with van der Waals surface area (Å²) in [4.78, 5) is 0. The lowest BCUT2D eigenvalue weighted by atomic mass is 10.4. The highest BCUT2D eigenvalue weighted by Crippen LogP contribution is 2.27. The Morgan fingerprint density at radius 3 is 2.00 bits per heavy atom. The lowest BCUT2D eigenvalue weighted by molar-refractivity contribution is -0.141. The van der Waals surface area contributed by atoms with E-state index in [2.05, 4.69) is 15.3 Å². The zero-order valence-corrected chi connectivity index (χ0v) is 10.8. The smallest absolute Gasteiger partial charge is 0.229 e. The van der Waals surface area contributed by atoms with E-state index in [1.54, 1.807) is 0 Å². The zero-order valence-electron chi connectivity index (χ0n) is 9.12. The molecule has 0 saturated carbocycles. The number of hydrogen-bond donors (Lipinski definition) is 1. The summed E-state index contributed by atoms with van der Waals surface area (Å²) in [7, 11) is -8.16. The van der Waals surface area contributed by atoms with Crippen LogP contribution in [0.1, 0.15) is 5.69 Å². The summed E-state index contributed by atoms with van der Waals surface area (Å²) in [6.45, 7) is 0. The highest BCUT2D eigenvalue weighted by atomic mass is 32.2. The summed E-state index contributed by atoms with van der Waals surface area (Å²) in [6, 6.07) is 1.05. The Bertz CT molecular complexity index is 652. The van der Waals surface area contributed by atoms with Gasteiger partial charge in [-0.2, -0.15) is 13.2 Å². The maximum absolute atomic E-state index is 12.2. The van der Waals surface area contributed by atoms with Gasteiger partial charge in [-0.3, -0.25) is 0 Å². The number of sulfone groups is 1. The van der Waals surface area contributed by atoms with Gasteiger partial charge >= 0.3 is 6.18 Å². The van der Waals surface area contributed by atoms with Crippen LogP contribution >= 0.6 is 0 Å². The molecule has 7 nitrogen and oxygen atoms in total. The molecule has 1 aromatic heterocycles. The minimum Gasteiger partial charge on any atom is -0.229 e. The summed E-state index contributed by atoms with van der Waals surface area (Å²) < 4.78 is 80.8. The third-order valence-corrected chi connectivity index (χ3v) is 4.51. The minimum atomic E-state index is -4.74. The molecule has 0 aliphatic carbocycles. The van der Waals surface area contributed by atoms with Crippen LogP contribution in [0, 0.1) is 0 Å². The summed E-state index contributed by atoms with van der Waals surface area (Å²) in [5, 5.41) is 9.53. The molecule has 1 heterocycles. The number of aromatic nitrogens is 2. The van der Waals surface area contributed by atoms with E-state index in [9.17, 15) is 30.0 Å². The SMILES string of the molecule is NS(=O)(=O)CCS(=O)(=O)c1ccc(C(F)(F)F)nn1. The Morgan fingerprint density at radius 1 is 1.05 bits per heavy atom. The van der Waals surface area contributed by atoms with Gasteiger partial charge in [-0.05, 0) is 12.1 Å². The van der Waals surface area contributed by atoms with Crippen molar-refractivity contribution in [3.8, 4) is 0 Å². The summed E-state index contributed by atoms with van der Waals surface area (Å²) in [5.41, 5.74) is -1.35. The largest absolute Gasteiger partial charge is 0.435 e. The number of alkyl halides is 3. The van der Waals surface area contributed by atoms with E-state index in [0.717, 1.165) is 0 Å². The van der Waals surface area contributed by atoms with Crippen molar-refractivity contribution in [1.29, 1.82) is 0 Å². The molecule has 19 heavy (non-hydrogen) atoms. The second-order valence-corrected chi connectivity index (χ2v) is 7.23. The predicted octanol–water partition coefficient (Wildman–Crippen LogP) is -0.442. The molecule has 12 heteroatoms. The number of hydrogen-bond acceptors (Lipinski definition) is 6. The van der Waals surface area contributed by atoms with Crippen molar-refractivity contribution in [1.82, 2.24) is 10.2 Å². The fraction of sp³-hybridized carbons (Fsp3) is 0.429. The van der Waals surface area contributed by atoms with Gasteiger partial charge in [0, 0.05) is 0 Å². The highest BCUT2D eigenvalue weighted by Gasteiger charge is 2.33. The van der Waals surface area contributed by atoms with Crippen molar-refractivity contribution in [2.45, 2.75) is 11.2 Å². The van der Waals surface area contributed by atoms with Crippen LogP contribution < -0.4 is 5.14 Å². The number of sulfonamides is 1. The van der Waals surface area contributed by atoms with E-state index in [0.29, 0.717) is 12.1 Å². The molecule has 0 bridgehead atoms. The molecule has 0 spiro atoms. The van der Waals surface area contributed by atoms with Crippen LogP contribution in [0.5, 0.6) is 0 Å². The van der Waals surface area contributed by atoms with E-state index in [1.807, 2.05) is 0 Å². The standard InChI is InChI=1S/C7H8F3N3O4S2/c8-7(9,10)5-1-2-6(13-12-5)18(14,15)3-4-19(11,16)17/h1-2H,3-4H2,(H2,11,16,17). The molecule has 0 fully saturated rings. The molecule has 0 aromatic carbocycles. The Hall–Kier alpha value is -1.27. The normalized spacial score (nSPS) is 13.5. The number of halogens is 3. The molecule has 2 N–H and O–H groups in total. The fourth-order valence-electron chi connectivity index (χ4n) is 0.968. The summed E-state index contributed by atoms with van der Waals surface area (Å²) in [6.07, 6.45) is -4.74. The first kappa shape index (κ1) is 15.8. The van der Waals surface area contributed by atoms with Crippen molar-refractivity contribution in [3.63, 3.8) is 0 Å². The number of rotatable bonds is 4. The molecule has 0 atom stereocenters. The second kappa shape index (κ2) is 5.02. The molecule has 108 valence electrons. The van der Waals surface area contributed by atoms with Gasteiger partial charge < -0.3 is 0 Å². The lowest BCUT2D eigenvalue weighted by Crippen LogP contribution is -2.24. The minimum absolute atomic E-state index is 0.441. The summed E-state index contributed by atoms with van der Waals surface area (Å²) >= 11 is 0. The first-order valence-electron chi connectivity index (χ1n) is 4.56. The fourth-order valence-corrected chi connectivity index (χ4v) is 3.42. The monoisotopic (exact) mass is 319 g/mol. The van der Waals surface area contributed by atoms with Crippen molar-refractivity contribution in [3.05, 3.63) is 17.8 Å². The molecular weight excluding hydrogens is 311 g/mol. The maximum Gasteiger partial charge on any atom is 0.435 e. The van der Waals surface area contributed by atoms with E-state index in [-0.39, 0.29) is 0 Å². The quantitative estimate of drug-likeness (QED) is 0.803. The Kier molecular flexibility index (Phi) is 4.17. The molecule has 0 amide bonds. The number of nitrogens with zero attached hydrogens (tertiary/aromatic N) is 2. The van der Waals surface area contributed by atoms with Crippen LogP contribution in [0.3, 0.4) is 0 Å². The first-order valence-corrected chi connectivity index (χ1v) is 7.93. The zero-order chi connectivity index (χ0) is 14.9. The molecule has 0 aliphatic rings. The van der Waals surface area contributed by atoms with Gasteiger partial charge in [-0.25, -0.2) is 22.0 Å². The topological polar surface area (TPSA) is 120 Å². The lowest BCUT2D eigenvalue weighted by Gasteiger charge is -2.05. The summed E-state index contributed by atoms with van der Waals surface area (Å²) in [5.74, 6) is -1.75. The Morgan fingerprint density at radius 2 is 1.63 bits per heavy atom. The van der Waals surface area contributed by atoms with Crippen molar-refractivity contribution < 1.29 is 30.0 Å². The highest BCUT2D eigenvalue weighted by molar-refractivity contribution is 7.94. The van der Waals surface area contributed by atoms with Crippen LogP contribution in [0.15, 0.2) is 17.2 Å². The van der Waals surface area contributed by atoms with Crippen LogP contribution in [0.25, 0.3) is 0 Å². The second-order valence-electron chi connectivity index (χ2n) is 3.44. The van der Waals surface area contributed by atoms with Gasteiger partial charge in [0.1, 0.15) is 0 Å². The van der Waals surface area contributed by atoms with Gasteiger partial charge in [0.15, 0.2) is 20.6 Å². The van der Waals surface area contributed by atoms with Gasteiger partial charge in [-0.1, -0.05) is 0 Å². The van der Waals surface area contributed by atoms with Gasteiger partial charge in [0.05, 0.1) is 11.5 Å². The van der Waals surface area contributed by atoms with E-state index in [4.69, 9.17) is 0 Å². The first-order chi connectivity index (χ1) is 8.42. The molecule has 1 aromatic rings. The van der Waals surface area contributed by atoms with Gasteiger partial charge in [0.25, 0.3) is 0 Å². The van der Waals surface area contributed by atoms with Crippen LogP contribution in [0.2, 0.25) is 0 Å². The van der Waals surface area contributed by atoms with E-state index < -0.39 is 48.3 Å². The molecule has 1 rings (SSSR count). The Balaban J connectivity index is 2.98. The van der Waals surface area contributed by atoms with Gasteiger partial charge in [-0.15, -0.1) is 10.2 Å². The number of nitrogens with two attached hydrogens (primary N) is 1. The third kappa shape index (κ3) is 4.72. The molecular formula is C7H8F3N3O4S2. The predicted molar refractivity (Wildman–Crippen MR) is 57.1 cm³/mol. The molecule has 0 radical (unpaired) electrons. The van der Waals surface area contributed by atoms with Crippen LogP contribution in [-0.4, -0.2) is 38.5 Å². The van der Waals surface area contributed by atoms with Crippen molar-refractivity contribution in [2.75, 3.05) is 11.5 Å². The van der Waals surface area contributed by atoms with Crippen molar-refractivity contribution in [2.24, 2.45) is 5.14 Å². The Labute approximate surface area is 106 Å². The van der Waals surface area contributed by atoms with Gasteiger partial charge in [0.2, 0.25) is 10.0 Å². The third-order valence-electron chi connectivity index (χ3n) is 1.89. The van der Waals surface area contributed by atoms with E-state index >= 15 is 0 Å². The molecule has 0 saturated heterocycles. The average molecular weight is 319 g/mol.